The molecule has 2 aliphatic heterocycles. The maximum Gasteiger partial charge on any atom is 0.405 e. The van der Waals surface area contributed by atoms with E-state index in [4.69, 9.17) is 15.2 Å². The molecule has 4 rings (SSSR count). The Morgan fingerprint density at radius 1 is 1.26 bits per heavy atom. The number of hydrogen-bond donors (Lipinski definition) is 1. The zero-order chi connectivity index (χ0) is 25.0. The number of pyridine rings is 1. The summed E-state index contributed by atoms with van der Waals surface area (Å²) in [6.07, 6.45) is 0.808. The number of hydrogen-bond acceptors (Lipinski definition) is 7. The van der Waals surface area contributed by atoms with Gasteiger partial charge in [0.2, 0.25) is 0 Å². The Kier molecular flexibility index (Phi) is 6.94. The van der Waals surface area contributed by atoms with E-state index in [1.807, 2.05) is 30.3 Å². The highest BCUT2D eigenvalue weighted by molar-refractivity contribution is 6.13. The van der Waals surface area contributed by atoms with Crippen molar-refractivity contribution in [1.82, 2.24) is 14.9 Å². The molecule has 2 aliphatic rings. The van der Waals surface area contributed by atoms with Crippen LogP contribution in [0.4, 0.5) is 9.18 Å². The molecule has 10 nitrogen and oxygen atoms in total. The first-order valence-corrected chi connectivity index (χ1v) is 11.2. The lowest BCUT2D eigenvalue weighted by Gasteiger charge is -2.40. The van der Waals surface area contributed by atoms with Gasteiger partial charge in [-0.1, -0.05) is 30.3 Å². The Labute approximate surface area is 201 Å². The summed E-state index contributed by atoms with van der Waals surface area (Å²) in [4.78, 5) is 43.4. The average Bonchev–Trinajstić information content (AvgIpc) is 3.07. The highest BCUT2D eigenvalue weighted by Crippen LogP contribution is 2.38. The van der Waals surface area contributed by atoms with E-state index in [1.165, 1.54) is 16.1 Å². The molecule has 2 atom stereocenters. The quantitative estimate of drug-likeness (QED) is 0.609. The van der Waals surface area contributed by atoms with Gasteiger partial charge in [-0.3, -0.25) is 14.6 Å². The molecule has 2 N–H and O–H groups in total. The highest BCUT2D eigenvalue weighted by Gasteiger charge is 2.54. The number of likely N-dealkylation sites (tertiary alicyclic amines) is 1. The van der Waals surface area contributed by atoms with Crippen LogP contribution in [0.5, 0.6) is 5.75 Å². The van der Waals surface area contributed by atoms with E-state index < -0.39 is 29.3 Å². The molecule has 1 aromatic carbocycles. The summed E-state index contributed by atoms with van der Waals surface area (Å²) < 4.78 is 23.9. The third-order valence-corrected chi connectivity index (χ3v) is 6.13. The number of aromatic nitrogens is 1. The molecule has 184 valence electrons. The summed E-state index contributed by atoms with van der Waals surface area (Å²) in [6, 6.07) is 10.7. The zero-order valence-corrected chi connectivity index (χ0v) is 19.2. The van der Waals surface area contributed by atoms with E-state index in [-0.39, 0.29) is 31.2 Å². The van der Waals surface area contributed by atoms with Crippen molar-refractivity contribution in [3.05, 3.63) is 60.2 Å². The minimum atomic E-state index is -1.23. The predicted molar refractivity (Wildman–Crippen MR) is 123 cm³/mol. The molecule has 3 amide bonds. The molecule has 0 saturated carbocycles. The lowest BCUT2D eigenvalue weighted by molar-refractivity contribution is -0.145. The highest BCUT2D eigenvalue weighted by atomic mass is 19.1. The first kappa shape index (κ1) is 24.1. The first-order chi connectivity index (χ1) is 16.8. The Morgan fingerprint density at radius 3 is 2.74 bits per heavy atom. The number of carbonyl (C=O) groups excluding carboxylic acids is 3. The van der Waals surface area contributed by atoms with Gasteiger partial charge in [0.1, 0.15) is 17.0 Å². The third-order valence-electron chi connectivity index (χ3n) is 6.13. The molecular formula is C24H26FN5O5. The van der Waals surface area contributed by atoms with Gasteiger partial charge < -0.3 is 20.1 Å². The Balaban J connectivity index is 1.50. The van der Waals surface area contributed by atoms with Crippen molar-refractivity contribution in [1.29, 1.82) is 0 Å². The fourth-order valence-corrected chi connectivity index (χ4v) is 4.55. The smallest absolute Gasteiger partial charge is 0.405 e. The number of rotatable bonds is 8. The molecule has 1 saturated heterocycles. The van der Waals surface area contributed by atoms with Crippen LogP contribution in [0, 0.1) is 11.2 Å². The summed E-state index contributed by atoms with van der Waals surface area (Å²) in [6.45, 7) is 0.352. The van der Waals surface area contributed by atoms with Crippen LogP contribution in [0.3, 0.4) is 0 Å². The standard InChI is InChI=1S/C24H26FN5O5/c1-29-22(32)24(12-16-5-3-2-4-6-16)15-30(9-7-20(24)28-29)21(31)19(35-23(26)33)8-10-34-18-11-17(25)13-27-14-18/h2-6,11,13-14,19H,7-10,12,15H2,1H3,(H2,26,33)/t19?,24-/m1/s1. The summed E-state index contributed by atoms with van der Waals surface area (Å²) in [7, 11) is 1.60. The molecule has 0 radical (unpaired) electrons. The zero-order valence-electron chi connectivity index (χ0n) is 19.2. The van der Waals surface area contributed by atoms with Gasteiger partial charge in [0.25, 0.3) is 11.8 Å². The number of hydrazone groups is 1. The Bertz CT molecular complexity index is 1140. The molecule has 0 aliphatic carbocycles. The molecule has 0 bridgehead atoms. The summed E-state index contributed by atoms with van der Waals surface area (Å²) >= 11 is 0. The number of benzene rings is 1. The monoisotopic (exact) mass is 483 g/mol. The Hall–Kier alpha value is -4.02. The lowest BCUT2D eigenvalue weighted by atomic mass is 9.73. The molecular weight excluding hydrogens is 457 g/mol. The summed E-state index contributed by atoms with van der Waals surface area (Å²) in [5.41, 5.74) is 5.88. The van der Waals surface area contributed by atoms with E-state index >= 15 is 0 Å². The van der Waals surface area contributed by atoms with Crippen LogP contribution in [0.2, 0.25) is 0 Å². The van der Waals surface area contributed by atoms with Crippen LogP contribution in [0.15, 0.2) is 53.9 Å². The minimum absolute atomic E-state index is 0.0186. The number of carbonyl (C=O) groups is 3. The first-order valence-electron chi connectivity index (χ1n) is 11.2. The number of primary amides is 1. The minimum Gasteiger partial charge on any atom is -0.492 e. The van der Waals surface area contributed by atoms with E-state index in [0.29, 0.717) is 19.4 Å². The second kappa shape index (κ2) is 10.1. The summed E-state index contributed by atoms with van der Waals surface area (Å²) in [5.74, 6) is -1.07. The van der Waals surface area contributed by atoms with Gasteiger partial charge in [-0.25, -0.2) is 14.2 Å². The SMILES string of the molecule is CN1N=C2CCN(C(=O)C(CCOc3cncc(F)c3)OC(N)=O)C[C@@]2(Cc2ccccc2)C1=O. The van der Waals surface area contributed by atoms with Crippen LogP contribution in [0.1, 0.15) is 18.4 Å². The summed E-state index contributed by atoms with van der Waals surface area (Å²) in [5, 5.41) is 5.76. The third kappa shape index (κ3) is 5.23. The Morgan fingerprint density at radius 2 is 2.03 bits per heavy atom. The number of halogens is 1. The second-order valence-corrected chi connectivity index (χ2v) is 8.53. The van der Waals surface area contributed by atoms with Crippen LogP contribution >= 0.6 is 0 Å². The number of piperidine rings is 1. The van der Waals surface area contributed by atoms with Crippen molar-refractivity contribution in [2.45, 2.75) is 25.4 Å². The fourth-order valence-electron chi connectivity index (χ4n) is 4.55. The second-order valence-electron chi connectivity index (χ2n) is 8.53. The average molecular weight is 484 g/mol. The topological polar surface area (TPSA) is 127 Å². The van der Waals surface area contributed by atoms with Gasteiger partial charge in [-0.05, 0) is 12.0 Å². The maximum atomic E-state index is 13.4. The number of nitrogens with two attached hydrogens (primary N) is 1. The van der Waals surface area contributed by atoms with Crippen molar-refractivity contribution < 1.29 is 28.2 Å². The van der Waals surface area contributed by atoms with Crippen LogP contribution in [0.25, 0.3) is 0 Å². The van der Waals surface area contributed by atoms with Gasteiger partial charge in [0.05, 0.1) is 24.7 Å². The van der Waals surface area contributed by atoms with Gasteiger partial charge in [-0.15, -0.1) is 0 Å². The van der Waals surface area contributed by atoms with Crippen LogP contribution in [-0.2, 0) is 20.7 Å². The van der Waals surface area contributed by atoms with Crippen molar-refractivity contribution in [2.75, 3.05) is 26.7 Å². The molecule has 1 aromatic heterocycles. The van der Waals surface area contributed by atoms with Crippen molar-refractivity contribution >= 4 is 23.6 Å². The van der Waals surface area contributed by atoms with E-state index in [2.05, 4.69) is 10.1 Å². The molecule has 3 heterocycles. The predicted octanol–water partition coefficient (Wildman–Crippen LogP) is 1.74. The molecule has 2 aromatic rings. The number of ether oxygens (including phenoxy) is 2. The number of amides is 3. The molecule has 35 heavy (non-hydrogen) atoms. The van der Waals surface area contributed by atoms with Crippen LogP contribution < -0.4 is 10.5 Å². The largest absolute Gasteiger partial charge is 0.492 e. The molecule has 11 heteroatoms. The molecule has 0 spiro atoms. The van der Waals surface area contributed by atoms with Gasteiger partial charge in [-0.2, -0.15) is 5.10 Å². The van der Waals surface area contributed by atoms with Gasteiger partial charge in [0.15, 0.2) is 6.10 Å². The number of nitrogens with zero attached hydrogens (tertiary/aromatic N) is 4. The van der Waals surface area contributed by atoms with Gasteiger partial charge >= 0.3 is 6.09 Å². The maximum absolute atomic E-state index is 13.4. The normalized spacial score (nSPS) is 20.2. The van der Waals surface area contributed by atoms with Gasteiger partial charge in [0, 0.05) is 39.0 Å². The van der Waals surface area contributed by atoms with E-state index in [9.17, 15) is 18.8 Å². The van der Waals surface area contributed by atoms with E-state index in [1.54, 1.807) is 7.05 Å². The van der Waals surface area contributed by atoms with Crippen molar-refractivity contribution in [2.24, 2.45) is 16.3 Å². The molecule has 1 fully saturated rings. The lowest BCUT2D eigenvalue weighted by Crippen LogP contribution is -2.57. The van der Waals surface area contributed by atoms with E-state index in [0.717, 1.165) is 23.5 Å². The van der Waals surface area contributed by atoms with Crippen molar-refractivity contribution in [3.63, 3.8) is 0 Å². The van der Waals surface area contributed by atoms with Crippen LogP contribution in [-0.4, -0.2) is 71.4 Å². The number of fused-ring (bicyclic) bond motifs is 1. The fraction of sp³-hybridized carbons (Fsp3) is 0.375. The molecule has 1 unspecified atom stereocenters. The van der Waals surface area contributed by atoms with Crippen molar-refractivity contribution in [3.8, 4) is 5.75 Å².